The molecule has 0 N–H and O–H groups in total. The van der Waals surface area contributed by atoms with Crippen LogP contribution in [0.25, 0.3) is 0 Å². The van der Waals surface area contributed by atoms with Crippen molar-refractivity contribution in [2.45, 2.75) is 6.42 Å². The van der Waals surface area contributed by atoms with Crippen LogP contribution in [0.1, 0.15) is 6.42 Å². The van der Waals surface area contributed by atoms with Crippen LogP contribution in [0, 0.1) is 5.92 Å². The molecule has 1 aliphatic rings. The summed E-state index contributed by atoms with van der Waals surface area (Å²) in [4.78, 5) is 13.9. The molecule has 11 heavy (non-hydrogen) atoms. The van der Waals surface area contributed by atoms with Crippen molar-refractivity contribution < 1.29 is 9.53 Å². The summed E-state index contributed by atoms with van der Waals surface area (Å²) in [5, 5.41) is 0. The van der Waals surface area contributed by atoms with Crippen LogP contribution < -0.4 is 0 Å². The third-order valence-corrected chi connectivity index (χ3v) is 1.53. The average Bonchev–Trinajstić information content (AvgIpc) is 2.07. The lowest BCUT2D eigenvalue weighted by molar-refractivity contribution is -0.128. The second-order valence-corrected chi connectivity index (χ2v) is 2.36. The Hall–Kier alpha value is -1.12. The number of carbonyl (C=O) groups excluding carboxylic acids is 1. The van der Waals surface area contributed by atoms with Crippen LogP contribution in [0.2, 0.25) is 0 Å². The molecule has 1 atom stereocenters. The van der Waals surface area contributed by atoms with E-state index in [0.29, 0.717) is 19.0 Å². The Bertz CT molecular complexity index is 163. The van der Waals surface area contributed by atoms with E-state index in [1.165, 1.54) is 0 Å². The minimum absolute atomic E-state index is 0.351. The standard InChI is InChI=1S/C8H11NO2/c10-7-11-5-3-8-2-1-4-9-6-8/h1-2,6-8H,3-5H2. The van der Waals surface area contributed by atoms with Gasteiger partial charge in [0, 0.05) is 12.1 Å². The highest BCUT2D eigenvalue weighted by atomic mass is 16.5. The fraction of sp³-hybridized carbons (Fsp3) is 0.500. The normalized spacial score (nSPS) is 21.6. The maximum absolute atomic E-state index is 9.77. The second kappa shape index (κ2) is 4.66. The molecule has 0 saturated heterocycles. The molecule has 1 rings (SSSR count). The zero-order valence-corrected chi connectivity index (χ0v) is 6.27. The lowest BCUT2D eigenvalue weighted by Crippen LogP contribution is -2.06. The highest BCUT2D eigenvalue weighted by Gasteiger charge is 2.02. The van der Waals surface area contributed by atoms with Gasteiger partial charge in [-0.1, -0.05) is 12.2 Å². The first-order valence-corrected chi connectivity index (χ1v) is 3.65. The summed E-state index contributed by atoms with van der Waals surface area (Å²) in [5.74, 6) is 0.351. The summed E-state index contributed by atoms with van der Waals surface area (Å²) in [6.07, 6.45) is 6.83. The summed E-state index contributed by atoms with van der Waals surface area (Å²) in [7, 11) is 0. The van der Waals surface area contributed by atoms with E-state index in [4.69, 9.17) is 0 Å². The molecule has 0 aromatic carbocycles. The summed E-state index contributed by atoms with van der Waals surface area (Å²) >= 11 is 0. The van der Waals surface area contributed by atoms with Crippen LogP contribution >= 0.6 is 0 Å². The molecule has 1 heterocycles. The van der Waals surface area contributed by atoms with Gasteiger partial charge in [0.2, 0.25) is 0 Å². The van der Waals surface area contributed by atoms with Crippen molar-refractivity contribution in [3.63, 3.8) is 0 Å². The molecular formula is C8H11NO2. The molecule has 0 aliphatic carbocycles. The van der Waals surface area contributed by atoms with E-state index < -0.39 is 0 Å². The van der Waals surface area contributed by atoms with E-state index >= 15 is 0 Å². The van der Waals surface area contributed by atoms with E-state index in [9.17, 15) is 4.79 Å². The molecule has 0 bridgehead atoms. The number of dihydropyridines is 1. The number of aliphatic imine (C=N–C) groups is 1. The largest absolute Gasteiger partial charge is 0.468 e. The summed E-state index contributed by atoms with van der Waals surface area (Å²) in [5.41, 5.74) is 0. The summed E-state index contributed by atoms with van der Waals surface area (Å²) in [6, 6.07) is 0. The number of ether oxygens (including phenoxy) is 1. The topological polar surface area (TPSA) is 38.7 Å². The van der Waals surface area contributed by atoms with Crippen molar-refractivity contribution in [2.24, 2.45) is 10.9 Å². The predicted molar refractivity (Wildman–Crippen MR) is 42.6 cm³/mol. The lowest BCUT2D eigenvalue weighted by Gasteiger charge is -2.08. The Morgan fingerprint density at radius 1 is 1.73 bits per heavy atom. The molecule has 0 fully saturated rings. The minimum Gasteiger partial charge on any atom is -0.468 e. The van der Waals surface area contributed by atoms with Crippen molar-refractivity contribution in [1.29, 1.82) is 0 Å². The highest BCUT2D eigenvalue weighted by molar-refractivity contribution is 5.64. The fourth-order valence-electron chi connectivity index (χ4n) is 0.965. The van der Waals surface area contributed by atoms with Crippen LogP contribution in [-0.2, 0) is 9.53 Å². The van der Waals surface area contributed by atoms with Gasteiger partial charge in [-0.3, -0.25) is 9.79 Å². The van der Waals surface area contributed by atoms with Gasteiger partial charge >= 0.3 is 0 Å². The molecule has 0 saturated carbocycles. The molecular weight excluding hydrogens is 142 g/mol. The number of allylic oxidation sites excluding steroid dienone is 1. The van der Waals surface area contributed by atoms with Crippen LogP contribution in [0.4, 0.5) is 0 Å². The zero-order valence-electron chi connectivity index (χ0n) is 6.27. The molecule has 60 valence electrons. The lowest BCUT2D eigenvalue weighted by atomic mass is 10.1. The predicted octanol–water partition coefficient (Wildman–Crippen LogP) is 0.806. The van der Waals surface area contributed by atoms with Gasteiger partial charge in [0.1, 0.15) is 0 Å². The zero-order chi connectivity index (χ0) is 7.94. The van der Waals surface area contributed by atoms with Gasteiger partial charge in [-0.25, -0.2) is 0 Å². The summed E-state index contributed by atoms with van der Waals surface area (Å²) in [6.45, 7) is 1.74. The molecule has 3 nitrogen and oxygen atoms in total. The second-order valence-electron chi connectivity index (χ2n) is 2.36. The Morgan fingerprint density at radius 2 is 2.64 bits per heavy atom. The van der Waals surface area contributed by atoms with Crippen molar-refractivity contribution in [1.82, 2.24) is 0 Å². The molecule has 1 unspecified atom stereocenters. The molecule has 0 aromatic rings. The van der Waals surface area contributed by atoms with Gasteiger partial charge in [0.15, 0.2) is 0 Å². The van der Waals surface area contributed by atoms with Crippen LogP contribution in [0.5, 0.6) is 0 Å². The summed E-state index contributed by atoms with van der Waals surface area (Å²) < 4.78 is 4.56. The van der Waals surface area contributed by atoms with Gasteiger partial charge in [-0.2, -0.15) is 0 Å². The first kappa shape index (κ1) is 7.98. The van der Waals surface area contributed by atoms with Gasteiger partial charge < -0.3 is 4.74 Å². The molecule has 0 spiro atoms. The van der Waals surface area contributed by atoms with E-state index in [2.05, 4.69) is 15.8 Å². The van der Waals surface area contributed by atoms with Crippen LogP contribution in [0.3, 0.4) is 0 Å². The molecule has 0 amide bonds. The van der Waals surface area contributed by atoms with Crippen molar-refractivity contribution in [2.75, 3.05) is 13.2 Å². The molecule has 0 radical (unpaired) electrons. The maximum atomic E-state index is 9.77. The van der Waals surface area contributed by atoms with Crippen LogP contribution in [0.15, 0.2) is 17.1 Å². The van der Waals surface area contributed by atoms with Gasteiger partial charge in [0.25, 0.3) is 6.47 Å². The molecule has 1 aliphatic heterocycles. The SMILES string of the molecule is O=COCCC1C=CCN=C1. The first-order valence-electron chi connectivity index (χ1n) is 3.65. The fourth-order valence-corrected chi connectivity index (χ4v) is 0.965. The number of hydrogen-bond donors (Lipinski definition) is 0. The van der Waals surface area contributed by atoms with Crippen molar-refractivity contribution in [3.8, 4) is 0 Å². The number of carbonyl (C=O) groups is 1. The third-order valence-electron chi connectivity index (χ3n) is 1.53. The smallest absolute Gasteiger partial charge is 0.293 e. The van der Waals surface area contributed by atoms with Crippen molar-refractivity contribution >= 4 is 12.7 Å². The number of nitrogens with zero attached hydrogens (tertiary/aromatic N) is 1. The van der Waals surface area contributed by atoms with E-state index in [-0.39, 0.29) is 0 Å². The van der Waals surface area contributed by atoms with Crippen LogP contribution in [-0.4, -0.2) is 25.8 Å². The van der Waals surface area contributed by atoms with E-state index in [1.807, 2.05) is 12.3 Å². The molecule has 3 heteroatoms. The number of hydrogen-bond acceptors (Lipinski definition) is 3. The Labute approximate surface area is 65.8 Å². The third kappa shape index (κ3) is 2.98. The quantitative estimate of drug-likeness (QED) is 0.340. The number of rotatable bonds is 4. The average molecular weight is 153 g/mol. The van der Waals surface area contributed by atoms with Gasteiger partial charge in [0.05, 0.1) is 13.2 Å². The van der Waals surface area contributed by atoms with Gasteiger partial charge in [-0.15, -0.1) is 0 Å². The van der Waals surface area contributed by atoms with E-state index in [0.717, 1.165) is 13.0 Å². The Balaban J connectivity index is 2.15. The van der Waals surface area contributed by atoms with Crippen molar-refractivity contribution in [3.05, 3.63) is 12.2 Å². The monoisotopic (exact) mass is 153 g/mol. The Morgan fingerprint density at radius 3 is 3.27 bits per heavy atom. The molecule has 0 aromatic heterocycles. The first-order chi connectivity index (χ1) is 5.43. The minimum atomic E-state index is 0.351. The Kier molecular flexibility index (Phi) is 3.38. The van der Waals surface area contributed by atoms with E-state index in [1.54, 1.807) is 0 Å². The van der Waals surface area contributed by atoms with Gasteiger partial charge in [-0.05, 0) is 6.42 Å². The maximum Gasteiger partial charge on any atom is 0.293 e. The highest BCUT2D eigenvalue weighted by Crippen LogP contribution is 2.05.